The molecule has 3 heterocycles. The highest BCUT2D eigenvalue weighted by Gasteiger charge is 2.63. The second-order valence-corrected chi connectivity index (χ2v) is 12.7. The highest BCUT2D eigenvalue weighted by molar-refractivity contribution is 6.08. The van der Waals surface area contributed by atoms with E-state index >= 15 is 0 Å². The Morgan fingerprint density at radius 3 is 1.90 bits per heavy atom. The summed E-state index contributed by atoms with van der Waals surface area (Å²) in [5.41, 5.74) is 0.967. The maximum atomic E-state index is 14.0. The van der Waals surface area contributed by atoms with Gasteiger partial charge in [-0.15, -0.1) is 0 Å². The van der Waals surface area contributed by atoms with Gasteiger partial charge in [0.15, 0.2) is 0 Å². The molecule has 3 saturated carbocycles. The van der Waals surface area contributed by atoms with E-state index in [0.29, 0.717) is 24.4 Å². The standard InChI is InChI=1S/C31H38N2O6/c34-16-19-11-14-24(39-19)26-20-12-13-21-25(30(37)32(28(21)35)17-7-3-1-4-8-17)22(20)15-23-27(26)31(38)33(29(23)36)18-9-5-2-6-10-18/h11-12,14,17-18,21-23,25-27,34H,1-10,13,15-16H2. The van der Waals surface area contributed by atoms with Gasteiger partial charge in [-0.05, 0) is 56.6 Å². The molecule has 8 heteroatoms. The second-order valence-electron chi connectivity index (χ2n) is 12.7. The Balaban J connectivity index is 1.27. The van der Waals surface area contributed by atoms with Crippen molar-refractivity contribution in [3.05, 3.63) is 35.3 Å². The number of furan rings is 1. The first-order chi connectivity index (χ1) is 19.0. The zero-order chi connectivity index (χ0) is 26.8. The van der Waals surface area contributed by atoms with Gasteiger partial charge in [0.05, 0.1) is 29.6 Å². The van der Waals surface area contributed by atoms with Crippen LogP contribution in [0.1, 0.15) is 94.5 Å². The fraction of sp³-hybridized carbons (Fsp3) is 0.677. The van der Waals surface area contributed by atoms with Gasteiger partial charge in [-0.25, -0.2) is 0 Å². The summed E-state index contributed by atoms with van der Waals surface area (Å²) in [5.74, 6) is -2.11. The summed E-state index contributed by atoms with van der Waals surface area (Å²) in [6.07, 6.45) is 12.8. The number of imide groups is 2. The number of aliphatic hydroxyl groups excluding tert-OH is 1. The highest BCUT2D eigenvalue weighted by atomic mass is 16.4. The number of amides is 4. The van der Waals surface area contributed by atoms with Crippen molar-refractivity contribution in [2.75, 3.05) is 0 Å². The maximum absolute atomic E-state index is 14.0. The van der Waals surface area contributed by atoms with E-state index in [2.05, 4.69) is 6.08 Å². The predicted octanol–water partition coefficient (Wildman–Crippen LogP) is 4.07. The van der Waals surface area contributed by atoms with Crippen molar-refractivity contribution in [2.24, 2.45) is 29.6 Å². The van der Waals surface area contributed by atoms with Crippen LogP contribution < -0.4 is 0 Å². The van der Waals surface area contributed by atoms with E-state index in [4.69, 9.17) is 4.42 Å². The van der Waals surface area contributed by atoms with Gasteiger partial charge in [-0.1, -0.05) is 50.2 Å². The molecule has 6 atom stereocenters. The second kappa shape index (κ2) is 9.72. The van der Waals surface area contributed by atoms with Crippen molar-refractivity contribution in [1.82, 2.24) is 9.80 Å². The maximum Gasteiger partial charge on any atom is 0.234 e. The third-order valence-corrected chi connectivity index (χ3v) is 10.7. The van der Waals surface area contributed by atoms with Crippen LogP contribution in [0.5, 0.6) is 0 Å². The normalized spacial score (nSPS) is 35.8. The molecule has 8 nitrogen and oxygen atoms in total. The van der Waals surface area contributed by atoms with Crippen LogP contribution >= 0.6 is 0 Å². The first kappa shape index (κ1) is 25.2. The number of aliphatic hydroxyl groups is 1. The minimum absolute atomic E-state index is 0.0198. The summed E-state index contributed by atoms with van der Waals surface area (Å²) in [7, 11) is 0. The van der Waals surface area contributed by atoms with Crippen molar-refractivity contribution in [3.63, 3.8) is 0 Å². The molecule has 1 aromatic heterocycles. The average Bonchev–Trinajstić information content (AvgIpc) is 3.62. The van der Waals surface area contributed by atoms with E-state index in [1.165, 1.54) is 0 Å². The Labute approximate surface area is 228 Å². The lowest BCUT2D eigenvalue weighted by atomic mass is 9.58. The van der Waals surface area contributed by atoms with Gasteiger partial charge in [-0.2, -0.15) is 0 Å². The fourth-order valence-electron chi connectivity index (χ4n) is 9.00. The molecule has 4 aliphatic carbocycles. The van der Waals surface area contributed by atoms with Gasteiger partial charge < -0.3 is 9.52 Å². The van der Waals surface area contributed by atoms with Crippen LogP contribution in [-0.4, -0.2) is 50.6 Å². The molecule has 39 heavy (non-hydrogen) atoms. The molecular formula is C31H38N2O6. The molecule has 0 aromatic carbocycles. The Hall–Kier alpha value is -2.74. The lowest BCUT2D eigenvalue weighted by Gasteiger charge is -2.43. The van der Waals surface area contributed by atoms with Gasteiger partial charge in [0.25, 0.3) is 0 Å². The molecule has 208 valence electrons. The van der Waals surface area contributed by atoms with Crippen LogP contribution in [0, 0.1) is 29.6 Å². The third-order valence-electron chi connectivity index (χ3n) is 10.7. The summed E-state index contributed by atoms with van der Waals surface area (Å²) in [6.45, 7) is -0.252. The summed E-state index contributed by atoms with van der Waals surface area (Å²) < 4.78 is 6.03. The van der Waals surface area contributed by atoms with Gasteiger partial charge in [0, 0.05) is 12.1 Å². The number of fused-ring (bicyclic) bond motifs is 4. The molecule has 6 aliphatic rings. The van der Waals surface area contributed by atoms with E-state index in [9.17, 15) is 24.3 Å². The van der Waals surface area contributed by atoms with Gasteiger partial charge in [0.2, 0.25) is 23.6 Å². The van der Waals surface area contributed by atoms with Crippen LogP contribution in [0.3, 0.4) is 0 Å². The minimum atomic E-state index is -0.571. The van der Waals surface area contributed by atoms with Crippen LogP contribution in [0.2, 0.25) is 0 Å². The minimum Gasteiger partial charge on any atom is -0.463 e. The van der Waals surface area contributed by atoms with E-state index in [-0.39, 0.29) is 48.2 Å². The van der Waals surface area contributed by atoms with Crippen LogP contribution in [-0.2, 0) is 25.8 Å². The molecule has 4 amide bonds. The topological polar surface area (TPSA) is 108 Å². The lowest BCUT2D eigenvalue weighted by Crippen LogP contribution is -2.44. The molecular weight excluding hydrogens is 496 g/mol. The average molecular weight is 535 g/mol. The van der Waals surface area contributed by atoms with Crippen molar-refractivity contribution in [1.29, 1.82) is 0 Å². The van der Waals surface area contributed by atoms with E-state index in [0.717, 1.165) is 69.8 Å². The summed E-state index contributed by atoms with van der Waals surface area (Å²) >= 11 is 0. The molecule has 1 N–H and O–H groups in total. The number of rotatable bonds is 4. The van der Waals surface area contributed by atoms with Crippen molar-refractivity contribution >= 4 is 23.6 Å². The molecule has 7 rings (SSSR count). The molecule has 0 bridgehead atoms. The largest absolute Gasteiger partial charge is 0.463 e. The van der Waals surface area contributed by atoms with Crippen LogP contribution in [0.25, 0.3) is 0 Å². The lowest BCUT2D eigenvalue weighted by molar-refractivity contribution is -0.145. The monoisotopic (exact) mass is 534 g/mol. The number of carbonyl (C=O) groups is 4. The number of allylic oxidation sites excluding steroid dienone is 2. The Bertz CT molecular complexity index is 1220. The first-order valence-electron chi connectivity index (χ1n) is 15.1. The van der Waals surface area contributed by atoms with Gasteiger partial charge in [0.1, 0.15) is 18.1 Å². The summed E-state index contributed by atoms with van der Waals surface area (Å²) in [6, 6.07) is 3.44. The van der Waals surface area contributed by atoms with Crippen molar-refractivity contribution in [2.45, 2.75) is 102 Å². The highest BCUT2D eigenvalue weighted by Crippen LogP contribution is 2.58. The number of nitrogens with zero attached hydrogens (tertiary/aromatic N) is 2. The Kier molecular flexibility index (Phi) is 6.29. The smallest absolute Gasteiger partial charge is 0.234 e. The van der Waals surface area contributed by atoms with Crippen molar-refractivity contribution < 1.29 is 28.7 Å². The third kappa shape index (κ3) is 3.80. The van der Waals surface area contributed by atoms with E-state index in [1.54, 1.807) is 21.9 Å². The fourth-order valence-corrected chi connectivity index (χ4v) is 9.00. The Morgan fingerprint density at radius 2 is 1.31 bits per heavy atom. The van der Waals surface area contributed by atoms with Gasteiger partial charge in [-0.3, -0.25) is 29.0 Å². The van der Waals surface area contributed by atoms with Gasteiger partial charge >= 0.3 is 0 Å². The van der Waals surface area contributed by atoms with Crippen LogP contribution in [0.4, 0.5) is 0 Å². The molecule has 0 radical (unpaired) electrons. The number of carbonyl (C=O) groups excluding carboxylic acids is 4. The van der Waals surface area contributed by atoms with Crippen LogP contribution in [0.15, 0.2) is 28.2 Å². The van der Waals surface area contributed by atoms with E-state index < -0.39 is 29.6 Å². The molecule has 5 fully saturated rings. The zero-order valence-electron chi connectivity index (χ0n) is 22.4. The first-order valence-corrected chi connectivity index (χ1v) is 15.1. The SMILES string of the molecule is O=C1C2CC=C3C(CC4C(=O)N(C5CCCCC5)C(=O)C4C3c3ccc(CO)o3)C2C(=O)N1C1CCCCC1. The molecule has 2 aliphatic heterocycles. The number of likely N-dealkylation sites (tertiary alicyclic amines) is 2. The molecule has 0 spiro atoms. The zero-order valence-corrected chi connectivity index (χ0v) is 22.4. The molecule has 1 aromatic rings. The number of hydrogen-bond acceptors (Lipinski definition) is 6. The quantitative estimate of drug-likeness (QED) is 0.461. The Morgan fingerprint density at radius 1 is 0.718 bits per heavy atom. The predicted molar refractivity (Wildman–Crippen MR) is 140 cm³/mol. The van der Waals surface area contributed by atoms with Crippen molar-refractivity contribution in [3.8, 4) is 0 Å². The molecule has 2 saturated heterocycles. The van der Waals surface area contributed by atoms with E-state index in [1.807, 2.05) is 0 Å². The summed E-state index contributed by atoms with van der Waals surface area (Å²) in [4.78, 5) is 58.8. The molecule has 6 unspecified atom stereocenters. The number of hydrogen-bond donors (Lipinski definition) is 1. The summed E-state index contributed by atoms with van der Waals surface area (Å²) in [5, 5.41) is 9.69.